The Hall–Kier alpha value is -3.95. The van der Waals surface area contributed by atoms with Gasteiger partial charge in [0.1, 0.15) is 35.3 Å². The molecule has 0 aliphatic carbocycles. The van der Waals surface area contributed by atoms with Gasteiger partial charge in [0.15, 0.2) is 6.10 Å². The molecule has 4 atom stereocenters. The van der Waals surface area contributed by atoms with Crippen molar-refractivity contribution in [3.8, 4) is 11.5 Å². The minimum atomic E-state index is -4.42. The first-order valence-corrected chi connectivity index (χ1v) is 15.3. The number of phosphoric ester groups is 1. The third-order valence-corrected chi connectivity index (χ3v) is 8.17. The SMILES string of the molecule is O=C(OC[C@H]1OC(Br)[C@H](OP(=O)(Oc2ccccc2)Oc2ccccc2)[C@@H]1OC(=O)c1ccccc1)c1ccccc1. The van der Waals surface area contributed by atoms with E-state index in [1.54, 1.807) is 121 Å². The lowest BCUT2D eigenvalue weighted by Gasteiger charge is -2.27. The summed E-state index contributed by atoms with van der Waals surface area (Å²) in [5.74, 6) is -0.809. The Balaban J connectivity index is 1.41. The van der Waals surface area contributed by atoms with Crippen LogP contribution in [0, 0.1) is 0 Å². The van der Waals surface area contributed by atoms with Gasteiger partial charge in [-0.25, -0.2) is 14.2 Å². The Morgan fingerprint density at radius 3 is 1.62 bits per heavy atom. The molecule has 1 saturated heterocycles. The fourth-order valence-corrected chi connectivity index (χ4v) is 6.34. The fourth-order valence-electron chi connectivity index (χ4n) is 4.08. The third kappa shape index (κ3) is 7.66. The van der Waals surface area contributed by atoms with Gasteiger partial charge >= 0.3 is 19.8 Å². The van der Waals surface area contributed by atoms with Crippen LogP contribution in [0.25, 0.3) is 0 Å². The van der Waals surface area contributed by atoms with E-state index >= 15 is 0 Å². The van der Waals surface area contributed by atoms with Crippen LogP contribution in [-0.4, -0.2) is 41.9 Å². The van der Waals surface area contributed by atoms with Crippen molar-refractivity contribution in [2.45, 2.75) is 23.3 Å². The van der Waals surface area contributed by atoms with E-state index in [0.29, 0.717) is 5.56 Å². The summed E-state index contributed by atoms with van der Waals surface area (Å²) in [5.41, 5.74) is 0.618. The highest BCUT2D eigenvalue weighted by molar-refractivity contribution is 9.09. The second kappa shape index (κ2) is 13.8. The van der Waals surface area contributed by atoms with Crippen LogP contribution in [0.15, 0.2) is 121 Å². The molecule has 1 heterocycles. The molecule has 0 radical (unpaired) electrons. The summed E-state index contributed by atoms with van der Waals surface area (Å²) in [4.78, 5) is 25.8. The fraction of sp³-hybridized carbons (Fsp3) is 0.161. The summed E-state index contributed by atoms with van der Waals surface area (Å²) in [6.45, 7) is -0.286. The van der Waals surface area contributed by atoms with Crippen LogP contribution in [0.4, 0.5) is 0 Å². The summed E-state index contributed by atoms with van der Waals surface area (Å²) in [5, 5.41) is -0.946. The third-order valence-electron chi connectivity index (χ3n) is 6.07. The molecule has 0 bridgehead atoms. The number of alkyl halides is 1. The van der Waals surface area contributed by atoms with Crippen LogP contribution in [0.5, 0.6) is 11.5 Å². The van der Waals surface area contributed by atoms with Crippen LogP contribution in [0.1, 0.15) is 20.7 Å². The van der Waals surface area contributed by atoms with Crippen LogP contribution in [0.2, 0.25) is 0 Å². The number of benzene rings is 4. The first kappa shape index (κ1) is 29.5. The number of esters is 2. The molecule has 0 saturated carbocycles. The molecule has 4 aromatic rings. The maximum Gasteiger partial charge on any atom is 0.588 e. The number of phosphoric acid groups is 1. The molecule has 1 fully saturated rings. The van der Waals surface area contributed by atoms with Gasteiger partial charge in [-0.05, 0) is 48.5 Å². The van der Waals surface area contributed by atoms with Gasteiger partial charge in [0, 0.05) is 0 Å². The Bertz CT molecular complexity index is 1460. The van der Waals surface area contributed by atoms with Gasteiger partial charge in [-0.3, -0.25) is 4.52 Å². The molecule has 5 rings (SSSR count). The molecule has 0 spiro atoms. The zero-order valence-corrected chi connectivity index (χ0v) is 24.5. The lowest BCUT2D eigenvalue weighted by atomic mass is 10.1. The van der Waals surface area contributed by atoms with E-state index in [-0.39, 0.29) is 23.7 Å². The maximum atomic E-state index is 14.1. The highest BCUT2D eigenvalue weighted by Crippen LogP contribution is 2.53. The average molecular weight is 653 g/mol. The smallest absolute Gasteiger partial charge is 0.459 e. The zero-order valence-electron chi connectivity index (χ0n) is 22.1. The molecule has 1 aliphatic rings. The first-order chi connectivity index (χ1) is 20.4. The maximum absolute atomic E-state index is 14.1. The number of hydrogen-bond acceptors (Lipinski definition) is 9. The van der Waals surface area contributed by atoms with Gasteiger partial charge in [-0.1, -0.05) is 88.7 Å². The van der Waals surface area contributed by atoms with Crippen molar-refractivity contribution in [3.63, 3.8) is 0 Å². The second-order valence-corrected chi connectivity index (χ2v) is 11.4. The molecule has 4 aromatic carbocycles. The van der Waals surface area contributed by atoms with Gasteiger partial charge in [0.2, 0.25) is 0 Å². The summed E-state index contributed by atoms with van der Waals surface area (Å²) in [6.07, 6.45) is -3.37. The van der Waals surface area contributed by atoms with Crippen molar-refractivity contribution >= 4 is 35.7 Å². The van der Waals surface area contributed by atoms with Crippen LogP contribution in [0.3, 0.4) is 0 Å². The van der Waals surface area contributed by atoms with Gasteiger partial charge in [-0.15, -0.1) is 0 Å². The lowest BCUT2D eigenvalue weighted by Crippen LogP contribution is -2.40. The Labute approximate surface area is 251 Å². The van der Waals surface area contributed by atoms with Crippen molar-refractivity contribution in [1.82, 2.24) is 0 Å². The molecular weight excluding hydrogens is 627 g/mol. The predicted octanol–water partition coefficient (Wildman–Crippen LogP) is 6.84. The highest BCUT2D eigenvalue weighted by atomic mass is 79.9. The van der Waals surface area contributed by atoms with Crippen molar-refractivity contribution in [3.05, 3.63) is 132 Å². The molecular formula is C31H26BrO9P. The molecule has 0 amide bonds. The van der Waals surface area contributed by atoms with E-state index in [2.05, 4.69) is 15.9 Å². The van der Waals surface area contributed by atoms with E-state index in [9.17, 15) is 14.2 Å². The van der Waals surface area contributed by atoms with Crippen molar-refractivity contribution < 1.29 is 41.9 Å². The van der Waals surface area contributed by atoms with Gasteiger partial charge < -0.3 is 23.3 Å². The molecule has 216 valence electrons. The Morgan fingerprint density at radius 2 is 1.12 bits per heavy atom. The van der Waals surface area contributed by atoms with Crippen molar-refractivity contribution in [1.29, 1.82) is 0 Å². The average Bonchev–Trinajstić information content (AvgIpc) is 3.30. The topological polar surface area (TPSA) is 107 Å². The number of hydrogen-bond donors (Lipinski definition) is 0. The van der Waals surface area contributed by atoms with Crippen molar-refractivity contribution in [2.75, 3.05) is 6.61 Å². The van der Waals surface area contributed by atoms with E-state index in [1.165, 1.54) is 0 Å². The van der Waals surface area contributed by atoms with E-state index < -0.39 is 43.1 Å². The predicted molar refractivity (Wildman–Crippen MR) is 157 cm³/mol. The molecule has 0 N–H and O–H groups in total. The normalized spacial score (nSPS) is 19.9. The number of ether oxygens (including phenoxy) is 3. The van der Waals surface area contributed by atoms with E-state index in [1.807, 2.05) is 0 Å². The Kier molecular flexibility index (Phi) is 9.71. The van der Waals surface area contributed by atoms with E-state index in [4.69, 9.17) is 27.8 Å². The quantitative estimate of drug-likeness (QED) is 0.0977. The number of para-hydroxylation sites is 2. The largest absolute Gasteiger partial charge is 0.588 e. The number of carbonyl (C=O) groups is 2. The summed E-state index contributed by atoms with van der Waals surface area (Å²) in [6, 6.07) is 33.5. The summed E-state index contributed by atoms with van der Waals surface area (Å²) < 4.78 is 48.9. The van der Waals surface area contributed by atoms with Crippen LogP contribution in [-0.2, 0) is 23.3 Å². The van der Waals surface area contributed by atoms with Gasteiger partial charge in [0.25, 0.3) is 0 Å². The molecule has 11 heteroatoms. The monoisotopic (exact) mass is 652 g/mol. The van der Waals surface area contributed by atoms with Gasteiger partial charge in [-0.2, -0.15) is 0 Å². The van der Waals surface area contributed by atoms with Crippen LogP contribution < -0.4 is 9.05 Å². The summed E-state index contributed by atoms with van der Waals surface area (Å²) in [7, 11) is -4.42. The summed E-state index contributed by atoms with van der Waals surface area (Å²) >= 11 is 3.40. The second-order valence-electron chi connectivity index (χ2n) is 9.05. The molecule has 1 unspecified atom stereocenters. The molecule has 1 aliphatic heterocycles. The molecule has 0 aromatic heterocycles. The zero-order chi connectivity index (χ0) is 29.4. The van der Waals surface area contributed by atoms with Gasteiger partial charge in [0.05, 0.1) is 11.1 Å². The van der Waals surface area contributed by atoms with Crippen LogP contribution >= 0.6 is 23.8 Å². The minimum absolute atomic E-state index is 0.230. The standard InChI is InChI=1S/C31H26BrO9P/c32-29-28(41-42(35,39-24-17-9-3-10-18-24)40-25-19-11-4-12-20-25)27(38-31(34)23-15-7-2-8-16-23)26(37-29)21-36-30(33)22-13-5-1-6-14-22/h1-20,26-29H,21H2/t26-,27-,28-,29?/m1/s1. The molecule has 9 nitrogen and oxygen atoms in total. The molecule has 42 heavy (non-hydrogen) atoms. The number of rotatable bonds is 11. The number of halogens is 1. The lowest BCUT2D eigenvalue weighted by molar-refractivity contribution is -0.0383. The number of carbonyl (C=O) groups excluding carboxylic acids is 2. The highest BCUT2D eigenvalue weighted by Gasteiger charge is 2.52. The van der Waals surface area contributed by atoms with E-state index in [0.717, 1.165) is 0 Å². The first-order valence-electron chi connectivity index (χ1n) is 13.0. The van der Waals surface area contributed by atoms with Crippen molar-refractivity contribution in [2.24, 2.45) is 0 Å². The Morgan fingerprint density at radius 1 is 0.667 bits per heavy atom. The minimum Gasteiger partial charge on any atom is -0.459 e.